The first-order valence-electron chi connectivity index (χ1n) is 11.3. The number of hydrogen-bond donors (Lipinski definition) is 2. The molecule has 0 saturated carbocycles. The van der Waals surface area contributed by atoms with Crippen LogP contribution in [0, 0.1) is 11.8 Å². The summed E-state index contributed by atoms with van der Waals surface area (Å²) in [5, 5.41) is 12.7. The van der Waals surface area contributed by atoms with Crippen molar-refractivity contribution >= 4 is 20.4 Å². The molecule has 0 fully saturated rings. The molecule has 0 radical (unpaired) electrons. The first-order valence-corrected chi connectivity index (χ1v) is 14.2. The van der Waals surface area contributed by atoms with Crippen LogP contribution in [0.2, 0.25) is 18.1 Å². The maximum atomic E-state index is 12.6. The van der Waals surface area contributed by atoms with Gasteiger partial charge in [0.2, 0.25) is 0 Å². The van der Waals surface area contributed by atoms with Crippen molar-refractivity contribution in [2.45, 2.75) is 124 Å². The molecule has 0 unspecified atom stereocenters. The van der Waals surface area contributed by atoms with E-state index in [0.717, 1.165) is 6.42 Å². The van der Waals surface area contributed by atoms with E-state index in [1.165, 1.54) is 0 Å². The summed E-state index contributed by atoms with van der Waals surface area (Å²) in [5.41, 5.74) is -0.603. The highest BCUT2D eigenvalue weighted by Gasteiger charge is 2.42. The molecular weight excluding hydrogens is 398 g/mol. The summed E-state index contributed by atoms with van der Waals surface area (Å²) in [5.74, 6) is -0.994. The lowest BCUT2D eigenvalue weighted by molar-refractivity contribution is -0.143. The van der Waals surface area contributed by atoms with Crippen LogP contribution in [0.1, 0.15) is 88.0 Å². The second-order valence-corrected chi connectivity index (χ2v) is 16.1. The molecule has 0 aliphatic heterocycles. The minimum absolute atomic E-state index is 0.0248. The molecule has 0 aromatic rings. The third-order valence-electron chi connectivity index (χ3n) is 5.63. The lowest BCUT2D eigenvalue weighted by Crippen LogP contribution is -2.53. The maximum Gasteiger partial charge on any atom is 0.407 e. The van der Waals surface area contributed by atoms with Gasteiger partial charge >= 0.3 is 12.1 Å². The van der Waals surface area contributed by atoms with Crippen LogP contribution in [0.3, 0.4) is 0 Å². The quantitative estimate of drug-likeness (QED) is 0.369. The van der Waals surface area contributed by atoms with E-state index in [0.29, 0.717) is 25.2 Å². The number of rotatable bonds is 11. The number of carbonyl (C=O) groups is 2. The number of aliphatic carboxylic acids is 1. The van der Waals surface area contributed by atoms with Crippen molar-refractivity contribution in [3.63, 3.8) is 0 Å². The largest absolute Gasteiger partial charge is 0.481 e. The van der Waals surface area contributed by atoms with Crippen LogP contribution in [0.15, 0.2) is 0 Å². The molecule has 0 spiro atoms. The Morgan fingerprint density at radius 3 is 1.93 bits per heavy atom. The van der Waals surface area contributed by atoms with Gasteiger partial charge < -0.3 is 19.6 Å². The van der Waals surface area contributed by atoms with E-state index in [-0.39, 0.29) is 17.2 Å². The highest BCUT2D eigenvalue weighted by atomic mass is 28.4. The van der Waals surface area contributed by atoms with Crippen molar-refractivity contribution in [2.24, 2.45) is 11.8 Å². The Labute approximate surface area is 185 Å². The fourth-order valence-corrected chi connectivity index (χ4v) is 4.46. The van der Waals surface area contributed by atoms with Gasteiger partial charge in [0.1, 0.15) is 5.60 Å². The average Bonchev–Trinajstić information content (AvgIpc) is 2.49. The van der Waals surface area contributed by atoms with Crippen LogP contribution < -0.4 is 5.32 Å². The van der Waals surface area contributed by atoms with E-state index in [4.69, 9.17) is 9.16 Å². The van der Waals surface area contributed by atoms with Crippen LogP contribution in [-0.4, -0.2) is 43.2 Å². The Hall–Kier alpha value is -1.08. The number of carboxylic acids is 1. The zero-order valence-electron chi connectivity index (χ0n) is 21.2. The second-order valence-electron chi connectivity index (χ2n) is 11.4. The Kier molecular flexibility index (Phi) is 11.1. The van der Waals surface area contributed by atoms with Gasteiger partial charge in [-0.05, 0) is 64.1 Å². The average molecular weight is 446 g/mol. The van der Waals surface area contributed by atoms with Gasteiger partial charge in [-0.15, -0.1) is 0 Å². The third kappa shape index (κ3) is 10.8. The first kappa shape index (κ1) is 28.9. The van der Waals surface area contributed by atoms with Gasteiger partial charge in [-0.3, -0.25) is 4.79 Å². The molecule has 0 rings (SSSR count). The van der Waals surface area contributed by atoms with Crippen LogP contribution in [0.5, 0.6) is 0 Å². The summed E-state index contributed by atoms with van der Waals surface area (Å²) in [6.45, 7) is 22.5. The molecule has 30 heavy (non-hydrogen) atoms. The predicted octanol–water partition coefficient (Wildman–Crippen LogP) is 6.21. The molecule has 7 heteroatoms. The number of nitrogens with one attached hydrogen (secondary N) is 1. The number of carboxylic acid groups (broad SMARTS) is 1. The second kappa shape index (κ2) is 11.5. The molecule has 2 N–H and O–H groups in total. The van der Waals surface area contributed by atoms with Crippen molar-refractivity contribution in [3.8, 4) is 0 Å². The molecule has 0 saturated heterocycles. The van der Waals surface area contributed by atoms with Crippen LogP contribution >= 0.6 is 0 Å². The van der Waals surface area contributed by atoms with Gasteiger partial charge in [-0.2, -0.15) is 0 Å². The number of amides is 1. The Bertz CT molecular complexity index is 549. The molecule has 1 amide bonds. The zero-order valence-corrected chi connectivity index (χ0v) is 22.2. The Morgan fingerprint density at radius 2 is 1.57 bits per heavy atom. The number of carbonyl (C=O) groups excluding carboxylic acids is 1. The van der Waals surface area contributed by atoms with E-state index in [1.807, 2.05) is 27.7 Å². The lowest BCUT2D eigenvalue weighted by atomic mass is 9.90. The molecule has 3 atom stereocenters. The summed E-state index contributed by atoms with van der Waals surface area (Å²) in [4.78, 5) is 24.5. The van der Waals surface area contributed by atoms with Gasteiger partial charge in [0.05, 0.1) is 18.1 Å². The van der Waals surface area contributed by atoms with Crippen molar-refractivity contribution in [3.05, 3.63) is 0 Å². The van der Waals surface area contributed by atoms with Crippen molar-refractivity contribution in [2.75, 3.05) is 0 Å². The molecule has 178 valence electrons. The molecule has 0 bridgehead atoms. The van der Waals surface area contributed by atoms with Crippen molar-refractivity contribution in [1.29, 1.82) is 0 Å². The summed E-state index contributed by atoms with van der Waals surface area (Å²) in [6, 6.07) is -0.312. The molecule has 0 aromatic heterocycles. The van der Waals surface area contributed by atoms with Crippen LogP contribution in [-0.2, 0) is 14.0 Å². The summed E-state index contributed by atoms with van der Waals surface area (Å²) in [7, 11) is -2.19. The van der Waals surface area contributed by atoms with Crippen molar-refractivity contribution in [1.82, 2.24) is 5.32 Å². The highest BCUT2D eigenvalue weighted by molar-refractivity contribution is 6.74. The third-order valence-corrected chi connectivity index (χ3v) is 10.1. The van der Waals surface area contributed by atoms with E-state index in [1.54, 1.807) is 0 Å². The van der Waals surface area contributed by atoms with Crippen LogP contribution in [0.25, 0.3) is 0 Å². The van der Waals surface area contributed by atoms with E-state index in [2.05, 4.69) is 53.0 Å². The molecule has 0 aliphatic rings. The van der Waals surface area contributed by atoms with Gasteiger partial charge in [-0.25, -0.2) is 4.79 Å². The molecule has 0 aromatic carbocycles. The van der Waals surface area contributed by atoms with E-state index in [9.17, 15) is 14.7 Å². The van der Waals surface area contributed by atoms with E-state index < -0.39 is 31.9 Å². The molecular formula is C23H47NO5Si. The molecule has 0 aliphatic carbocycles. The summed E-state index contributed by atoms with van der Waals surface area (Å²) >= 11 is 0. The zero-order chi connectivity index (χ0) is 23.9. The Balaban J connectivity index is 5.93. The normalized spacial score (nSPS) is 16.1. The molecule has 6 nitrogen and oxygen atoms in total. The minimum Gasteiger partial charge on any atom is -0.481 e. The van der Waals surface area contributed by atoms with E-state index >= 15 is 0 Å². The summed E-state index contributed by atoms with van der Waals surface area (Å²) < 4.78 is 12.2. The van der Waals surface area contributed by atoms with Gasteiger partial charge in [0.15, 0.2) is 8.32 Å². The SMILES string of the molecule is CCC[C@H](C[C@H](O[Si](C)(C)C(C)(C)C)[C@H](CC(C)C)NC(=O)OC(C)(C)C)C(=O)O. The van der Waals surface area contributed by atoms with Crippen LogP contribution in [0.4, 0.5) is 4.79 Å². The topological polar surface area (TPSA) is 84.9 Å². The maximum absolute atomic E-state index is 12.6. The highest BCUT2D eigenvalue weighted by Crippen LogP contribution is 2.39. The number of ether oxygens (including phenoxy) is 1. The number of hydrogen-bond acceptors (Lipinski definition) is 4. The summed E-state index contributed by atoms with van der Waals surface area (Å²) in [6.07, 6.45) is 1.58. The number of alkyl carbamates (subject to hydrolysis) is 1. The van der Waals surface area contributed by atoms with Gasteiger partial charge in [0, 0.05) is 0 Å². The monoisotopic (exact) mass is 445 g/mol. The first-order chi connectivity index (χ1) is 13.4. The smallest absolute Gasteiger partial charge is 0.407 e. The fourth-order valence-electron chi connectivity index (χ4n) is 3.09. The fraction of sp³-hybridized carbons (Fsp3) is 0.913. The predicted molar refractivity (Wildman–Crippen MR) is 125 cm³/mol. The van der Waals surface area contributed by atoms with Gasteiger partial charge in [0.25, 0.3) is 0 Å². The minimum atomic E-state index is -2.19. The molecule has 0 heterocycles. The van der Waals surface area contributed by atoms with Gasteiger partial charge in [-0.1, -0.05) is 48.0 Å². The van der Waals surface area contributed by atoms with Crippen molar-refractivity contribution < 1.29 is 23.9 Å². The lowest BCUT2D eigenvalue weighted by Gasteiger charge is -2.42. The standard InChI is InChI=1S/C23H47NO5Si/c1-12-13-17(20(25)26)15-19(29-30(10,11)23(7,8)9)18(14-16(2)3)24-21(27)28-22(4,5)6/h16-19H,12-15H2,1-11H3,(H,24,27)(H,25,26)/t17-,18+,19+/m1/s1. The Morgan fingerprint density at radius 1 is 1.03 bits per heavy atom.